The van der Waals surface area contributed by atoms with Crippen LogP contribution >= 0.6 is 0 Å². The molecule has 1 aromatic rings. The number of methoxy groups -OCH3 is 2. The summed E-state index contributed by atoms with van der Waals surface area (Å²) in [5.41, 5.74) is 8.58. The average molecular weight is 419 g/mol. The Morgan fingerprint density at radius 3 is 2.50 bits per heavy atom. The van der Waals surface area contributed by atoms with Gasteiger partial charge in [-0.25, -0.2) is 0 Å². The topological polar surface area (TPSA) is 74.0 Å². The average Bonchev–Trinajstić information content (AvgIpc) is 2.70. The minimum Gasteiger partial charge on any atom is -0.493 e. The van der Waals surface area contributed by atoms with Crippen LogP contribution in [-0.4, -0.2) is 50.3 Å². The Morgan fingerprint density at radius 2 is 1.87 bits per heavy atom. The lowest BCUT2D eigenvalue weighted by molar-refractivity contribution is -0.157. The molecular weight excluding hydrogens is 380 g/mol. The zero-order valence-electron chi connectivity index (χ0n) is 19.4. The number of hydrogen-bond donors (Lipinski definition) is 1. The normalized spacial score (nSPS) is 22.8. The molecule has 3 atom stereocenters. The predicted octanol–water partition coefficient (Wildman–Crippen LogP) is 3.71. The maximum Gasteiger partial charge on any atom is 0.323 e. The van der Waals surface area contributed by atoms with Gasteiger partial charge in [-0.05, 0) is 53.9 Å². The molecule has 1 fully saturated rings. The Balaban J connectivity index is 1.73. The fraction of sp³-hybridized carbons (Fsp3) is 0.708. The van der Waals surface area contributed by atoms with E-state index >= 15 is 0 Å². The standard InChI is InChI=1S/C24H38N2O4/c1-15(2)14-24(3,4)22(25)23(27)30-17-8-10-26-9-7-16-11-20(28-5)21(29-6)13-18(16)19(26)12-17/h11,13,15,17,19,22H,7-10,12,14,25H2,1-6H3/t17-,19?,22?/m0/s1. The van der Waals surface area contributed by atoms with Crippen LogP contribution in [0.15, 0.2) is 12.1 Å². The number of hydrogen-bond acceptors (Lipinski definition) is 6. The Morgan fingerprint density at radius 1 is 1.20 bits per heavy atom. The van der Waals surface area contributed by atoms with Gasteiger partial charge in [0.2, 0.25) is 0 Å². The molecule has 2 unspecified atom stereocenters. The van der Waals surface area contributed by atoms with Crippen molar-refractivity contribution >= 4 is 5.97 Å². The van der Waals surface area contributed by atoms with E-state index in [4.69, 9.17) is 19.9 Å². The van der Waals surface area contributed by atoms with E-state index < -0.39 is 6.04 Å². The number of rotatable bonds is 7. The van der Waals surface area contributed by atoms with Crippen LogP contribution in [-0.2, 0) is 16.0 Å². The van der Waals surface area contributed by atoms with Gasteiger partial charge in [0.1, 0.15) is 12.1 Å². The fourth-order valence-electron chi connectivity index (χ4n) is 5.14. The van der Waals surface area contributed by atoms with Gasteiger partial charge in [-0.1, -0.05) is 27.7 Å². The van der Waals surface area contributed by atoms with Gasteiger partial charge in [0.15, 0.2) is 11.5 Å². The first-order chi connectivity index (χ1) is 14.2. The van der Waals surface area contributed by atoms with Gasteiger partial charge in [0, 0.05) is 25.6 Å². The molecular formula is C24H38N2O4. The van der Waals surface area contributed by atoms with Gasteiger partial charge in [0.25, 0.3) is 0 Å². The second-order valence-corrected chi connectivity index (χ2v) is 9.86. The molecule has 0 bridgehead atoms. The molecule has 0 radical (unpaired) electrons. The second-order valence-electron chi connectivity index (χ2n) is 9.86. The van der Waals surface area contributed by atoms with Crippen molar-refractivity contribution in [2.24, 2.45) is 17.1 Å². The highest BCUT2D eigenvalue weighted by Gasteiger charge is 2.39. The summed E-state index contributed by atoms with van der Waals surface area (Å²) in [4.78, 5) is 15.3. The fourth-order valence-corrected chi connectivity index (χ4v) is 5.14. The predicted molar refractivity (Wildman–Crippen MR) is 118 cm³/mol. The van der Waals surface area contributed by atoms with Crippen LogP contribution in [0.3, 0.4) is 0 Å². The Hall–Kier alpha value is -1.79. The maximum absolute atomic E-state index is 12.8. The Bertz CT molecular complexity index is 762. The Kier molecular flexibility index (Phi) is 6.98. The van der Waals surface area contributed by atoms with Crippen molar-refractivity contribution in [3.8, 4) is 11.5 Å². The molecule has 1 saturated heterocycles. The lowest BCUT2D eigenvalue weighted by atomic mass is 9.78. The van der Waals surface area contributed by atoms with Crippen molar-refractivity contribution in [1.82, 2.24) is 4.90 Å². The lowest BCUT2D eigenvalue weighted by Gasteiger charge is -2.43. The highest BCUT2D eigenvalue weighted by molar-refractivity contribution is 5.76. The smallest absolute Gasteiger partial charge is 0.323 e. The summed E-state index contributed by atoms with van der Waals surface area (Å²) >= 11 is 0. The largest absolute Gasteiger partial charge is 0.493 e. The number of carbonyl (C=O) groups is 1. The number of nitrogens with zero attached hydrogens (tertiary/aromatic N) is 1. The van der Waals surface area contributed by atoms with E-state index in [0.717, 1.165) is 50.3 Å². The van der Waals surface area contributed by atoms with Gasteiger partial charge >= 0.3 is 5.97 Å². The second kappa shape index (κ2) is 9.15. The summed E-state index contributed by atoms with van der Waals surface area (Å²) in [6.07, 6.45) is 3.40. The minimum atomic E-state index is -0.610. The van der Waals surface area contributed by atoms with Crippen molar-refractivity contribution in [3.63, 3.8) is 0 Å². The van der Waals surface area contributed by atoms with Gasteiger partial charge in [-0.3, -0.25) is 9.69 Å². The summed E-state index contributed by atoms with van der Waals surface area (Å²) < 4.78 is 16.9. The number of carbonyl (C=O) groups excluding carboxylic acids is 1. The van der Waals surface area contributed by atoms with Crippen LogP contribution in [0, 0.1) is 11.3 Å². The number of fused-ring (bicyclic) bond motifs is 3. The first-order valence-electron chi connectivity index (χ1n) is 11.1. The number of benzene rings is 1. The summed E-state index contributed by atoms with van der Waals surface area (Å²) in [6, 6.07) is 3.79. The lowest BCUT2D eigenvalue weighted by Crippen LogP contribution is -2.49. The third kappa shape index (κ3) is 4.75. The summed E-state index contributed by atoms with van der Waals surface area (Å²) in [6.45, 7) is 10.3. The number of ether oxygens (including phenoxy) is 3. The molecule has 6 nitrogen and oxygen atoms in total. The quantitative estimate of drug-likeness (QED) is 0.681. The third-order valence-electron chi connectivity index (χ3n) is 6.65. The molecule has 0 saturated carbocycles. The number of nitrogens with two attached hydrogens (primary N) is 1. The highest BCUT2D eigenvalue weighted by atomic mass is 16.5. The van der Waals surface area contributed by atoms with Crippen LogP contribution in [0.5, 0.6) is 11.5 Å². The molecule has 3 rings (SSSR count). The van der Waals surface area contributed by atoms with Crippen LogP contribution in [0.1, 0.15) is 64.1 Å². The zero-order chi connectivity index (χ0) is 22.1. The number of piperidine rings is 1. The van der Waals surface area contributed by atoms with E-state index in [-0.39, 0.29) is 23.5 Å². The van der Waals surface area contributed by atoms with Gasteiger partial charge < -0.3 is 19.9 Å². The van der Waals surface area contributed by atoms with Crippen LogP contribution in [0.4, 0.5) is 0 Å². The molecule has 2 N–H and O–H groups in total. The van der Waals surface area contributed by atoms with Crippen molar-refractivity contribution in [1.29, 1.82) is 0 Å². The molecule has 168 valence electrons. The van der Waals surface area contributed by atoms with Crippen molar-refractivity contribution in [2.45, 2.75) is 71.6 Å². The molecule has 0 aliphatic carbocycles. The molecule has 2 heterocycles. The first kappa shape index (κ1) is 22.9. The third-order valence-corrected chi connectivity index (χ3v) is 6.65. The van der Waals surface area contributed by atoms with Gasteiger partial charge in [0.05, 0.1) is 14.2 Å². The van der Waals surface area contributed by atoms with Crippen molar-refractivity contribution < 1.29 is 19.0 Å². The monoisotopic (exact) mass is 418 g/mol. The van der Waals surface area contributed by atoms with E-state index in [2.05, 4.69) is 44.7 Å². The van der Waals surface area contributed by atoms with E-state index in [1.54, 1.807) is 14.2 Å². The molecule has 30 heavy (non-hydrogen) atoms. The Labute approximate surface area is 181 Å². The summed E-state index contributed by atoms with van der Waals surface area (Å²) in [5, 5.41) is 0. The van der Waals surface area contributed by atoms with E-state index in [9.17, 15) is 4.79 Å². The maximum atomic E-state index is 12.8. The minimum absolute atomic E-state index is 0.112. The number of esters is 1. The highest BCUT2D eigenvalue weighted by Crippen LogP contribution is 2.42. The van der Waals surface area contributed by atoms with Gasteiger partial charge in [-0.15, -0.1) is 0 Å². The molecule has 1 aromatic carbocycles. The van der Waals surface area contributed by atoms with Crippen LogP contribution in [0.2, 0.25) is 0 Å². The first-order valence-corrected chi connectivity index (χ1v) is 11.1. The van der Waals surface area contributed by atoms with E-state index in [0.29, 0.717) is 5.92 Å². The van der Waals surface area contributed by atoms with Crippen molar-refractivity contribution in [3.05, 3.63) is 23.3 Å². The zero-order valence-corrected chi connectivity index (χ0v) is 19.4. The van der Waals surface area contributed by atoms with Crippen LogP contribution < -0.4 is 15.2 Å². The molecule has 0 spiro atoms. The SMILES string of the molecule is COc1cc2c(cc1OC)C1C[C@@H](OC(=O)C(N)C(C)(C)CC(C)C)CCN1CC2. The van der Waals surface area contributed by atoms with Gasteiger partial charge in [-0.2, -0.15) is 0 Å². The van der Waals surface area contributed by atoms with Crippen molar-refractivity contribution in [2.75, 3.05) is 27.3 Å². The summed E-state index contributed by atoms with van der Waals surface area (Å²) in [5.74, 6) is 1.71. The molecule has 6 heteroatoms. The molecule has 0 amide bonds. The molecule has 0 aromatic heterocycles. The van der Waals surface area contributed by atoms with E-state index in [1.807, 2.05) is 0 Å². The molecule has 2 aliphatic heterocycles. The van der Waals surface area contributed by atoms with Crippen LogP contribution in [0.25, 0.3) is 0 Å². The molecule has 2 aliphatic rings. The van der Waals surface area contributed by atoms with E-state index in [1.165, 1.54) is 11.1 Å². The summed E-state index contributed by atoms with van der Waals surface area (Å²) in [7, 11) is 3.33.